The van der Waals surface area contributed by atoms with Gasteiger partial charge in [0.05, 0.1) is 17.3 Å². The van der Waals surface area contributed by atoms with Crippen molar-refractivity contribution >= 4 is 9.84 Å². The van der Waals surface area contributed by atoms with Crippen LogP contribution in [0, 0.1) is 11.3 Å². The van der Waals surface area contributed by atoms with E-state index in [1.807, 2.05) is 6.07 Å². The van der Waals surface area contributed by atoms with Crippen molar-refractivity contribution in [2.45, 2.75) is 4.90 Å². The van der Waals surface area contributed by atoms with Gasteiger partial charge in [-0.1, -0.05) is 18.2 Å². The zero-order valence-electron chi connectivity index (χ0n) is 12.0. The average Bonchev–Trinajstić information content (AvgIpc) is 3.03. The highest BCUT2D eigenvalue weighted by atomic mass is 32.2. The van der Waals surface area contributed by atoms with Crippen molar-refractivity contribution in [2.75, 3.05) is 45.1 Å². The minimum atomic E-state index is -3.22. The van der Waals surface area contributed by atoms with E-state index in [9.17, 15) is 13.5 Å². The molecule has 21 heavy (non-hydrogen) atoms. The third-order valence-electron chi connectivity index (χ3n) is 4.84. The molecule has 0 saturated carbocycles. The quantitative estimate of drug-likeness (QED) is 0.799. The summed E-state index contributed by atoms with van der Waals surface area (Å²) in [6.45, 7) is 4.12. The van der Waals surface area contributed by atoms with Gasteiger partial charge in [0.25, 0.3) is 0 Å². The number of rotatable bonds is 5. The lowest BCUT2D eigenvalue weighted by molar-refractivity contribution is 0.125. The van der Waals surface area contributed by atoms with E-state index in [0.717, 1.165) is 26.2 Å². The molecule has 2 N–H and O–H groups in total. The maximum absolute atomic E-state index is 12.3. The van der Waals surface area contributed by atoms with E-state index in [-0.39, 0.29) is 17.8 Å². The zero-order valence-corrected chi connectivity index (χ0v) is 12.8. The Balaban J connectivity index is 1.62. The summed E-state index contributed by atoms with van der Waals surface area (Å²) < 4.78 is 24.6. The van der Waals surface area contributed by atoms with Gasteiger partial charge in [0, 0.05) is 31.6 Å². The summed E-state index contributed by atoms with van der Waals surface area (Å²) >= 11 is 0. The molecule has 0 radical (unpaired) electrons. The molecule has 0 amide bonds. The van der Waals surface area contributed by atoms with E-state index in [0.29, 0.717) is 17.4 Å². The Morgan fingerprint density at radius 1 is 1.33 bits per heavy atom. The number of nitrogens with one attached hydrogen (secondary N) is 1. The number of likely N-dealkylation sites (tertiary alicyclic amines) is 1. The van der Waals surface area contributed by atoms with Gasteiger partial charge in [-0.3, -0.25) is 0 Å². The zero-order chi connectivity index (χ0) is 14.9. The van der Waals surface area contributed by atoms with Crippen molar-refractivity contribution in [1.82, 2.24) is 10.2 Å². The topological polar surface area (TPSA) is 69.6 Å². The van der Waals surface area contributed by atoms with E-state index in [2.05, 4.69) is 10.2 Å². The number of benzene rings is 1. The fourth-order valence-electron chi connectivity index (χ4n) is 3.52. The van der Waals surface area contributed by atoms with Crippen LogP contribution in [0.5, 0.6) is 0 Å². The molecule has 1 aromatic rings. The van der Waals surface area contributed by atoms with E-state index in [4.69, 9.17) is 0 Å². The molecule has 3 rings (SSSR count). The molecule has 2 heterocycles. The van der Waals surface area contributed by atoms with Gasteiger partial charge in [-0.25, -0.2) is 8.42 Å². The second-order valence-electron chi connectivity index (χ2n) is 6.22. The highest BCUT2D eigenvalue weighted by molar-refractivity contribution is 7.91. The Kier molecular flexibility index (Phi) is 4.05. The molecule has 1 aromatic carbocycles. The molecule has 2 atom stereocenters. The number of aliphatic hydroxyl groups excluding tert-OH is 1. The summed E-state index contributed by atoms with van der Waals surface area (Å²) in [4.78, 5) is 2.57. The Labute approximate surface area is 125 Å². The number of sulfone groups is 1. The Morgan fingerprint density at radius 3 is 2.76 bits per heavy atom. The first-order chi connectivity index (χ1) is 10.1. The normalized spacial score (nSPS) is 29.7. The van der Waals surface area contributed by atoms with E-state index in [1.165, 1.54) is 0 Å². The highest BCUT2D eigenvalue weighted by Crippen LogP contribution is 2.38. The minimum Gasteiger partial charge on any atom is -0.396 e. The molecule has 5 nitrogen and oxygen atoms in total. The van der Waals surface area contributed by atoms with Crippen LogP contribution in [0.3, 0.4) is 0 Å². The van der Waals surface area contributed by atoms with Gasteiger partial charge in [0.2, 0.25) is 0 Å². The van der Waals surface area contributed by atoms with E-state index in [1.54, 1.807) is 24.3 Å². The smallest absolute Gasteiger partial charge is 0.179 e. The molecule has 6 heteroatoms. The Hall–Kier alpha value is -0.950. The van der Waals surface area contributed by atoms with Crippen LogP contribution < -0.4 is 5.32 Å². The summed E-state index contributed by atoms with van der Waals surface area (Å²) in [6, 6.07) is 8.61. The monoisotopic (exact) mass is 310 g/mol. The predicted molar refractivity (Wildman–Crippen MR) is 80.8 cm³/mol. The van der Waals surface area contributed by atoms with Crippen molar-refractivity contribution < 1.29 is 13.5 Å². The highest BCUT2D eigenvalue weighted by Gasteiger charge is 2.49. The van der Waals surface area contributed by atoms with Crippen molar-refractivity contribution in [3.05, 3.63) is 30.3 Å². The number of hydrogen-bond donors (Lipinski definition) is 2. The standard InChI is InChI=1S/C15H22N2O3S/c18-12-15-10-16-8-13(15)9-17(11-15)6-7-21(19,20)14-4-2-1-3-5-14/h1-5,13,16,18H,6-12H2. The summed E-state index contributed by atoms with van der Waals surface area (Å²) in [5, 5.41) is 13.0. The lowest BCUT2D eigenvalue weighted by atomic mass is 9.82. The SMILES string of the molecule is O=S(=O)(CCN1CC2CNCC2(CO)C1)c1ccccc1. The van der Waals surface area contributed by atoms with E-state index >= 15 is 0 Å². The first-order valence-corrected chi connectivity index (χ1v) is 9.03. The lowest BCUT2D eigenvalue weighted by Gasteiger charge is -2.25. The fraction of sp³-hybridized carbons (Fsp3) is 0.600. The van der Waals surface area contributed by atoms with Crippen LogP contribution in [0.1, 0.15) is 0 Å². The van der Waals surface area contributed by atoms with Crippen LogP contribution in [0.15, 0.2) is 35.2 Å². The van der Waals surface area contributed by atoms with Crippen LogP contribution in [-0.4, -0.2) is 63.5 Å². The Bertz CT molecular complexity index is 590. The maximum atomic E-state index is 12.3. The van der Waals surface area contributed by atoms with Gasteiger partial charge in [0.1, 0.15) is 0 Å². The number of nitrogens with zero attached hydrogens (tertiary/aromatic N) is 1. The van der Waals surface area contributed by atoms with Crippen molar-refractivity contribution in [2.24, 2.45) is 11.3 Å². The van der Waals surface area contributed by atoms with Crippen molar-refractivity contribution in [1.29, 1.82) is 0 Å². The molecule has 0 aliphatic carbocycles. The van der Waals surface area contributed by atoms with Gasteiger partial charge in [-0.15, -0.1) is 0 Å². The molecule has 0 bridgehead atoms. The number of fused-ring (bicyclic) bond motifs is 1. The van der Waals surface area contributed by atoms with Gasteiger partial charge >= 0.3 is 0 Å². The van der Waals surface area contributed by atoms with Crippen molar-refractivity contribution in [3.8, 4) is 0 Å². The summed E-state index contributed by atoms with van der Waals surface area (Å²) in [5.74, 6) is 0.570. The molecular formula is C15H22N2O3S. The molecule has 116 valence electrons. The largest absolute Gasteiger partial charge is 0.396 e. The molecule has 0 aromatic heterocycles. The fourth-order valence-corrected chi connectivity index (χ4v) is 4.83. The molecule has 2 saturated heterocycles. The van der Waals surface area contributed by atoms with Gasteiger partial charge in [0.15, 0.2) is 9.84 Å². The Morgan fingerprint density at radius 2 is 2.10 bits per heavy atom. The first-order valence-electron chi connectivity index (χ1n) is 7.37. The van der Waals surface area contributed by atoms with Crippen LogP contribution in [-0.2, 0) is 9.84 Å². The van der Waals surface area contributed by atoms with Gasteiger partial charge in [-0.05, 0) is 24.6 Å². The first kappa shape index (κ1) is 15.0. The van der Waals surface area contributed by atoms with Gasteiger partial charge < -0.3 is 15.3 Å². The number of hydrogen-bond acceptors (Lipinski definition) is 5. The summed E-state index contributed by atoms with van der Waals surface area (Å²) in [6.07, 6.45) is 0. The molecular weight excluding hydrogens is 288 g/mol. The summed E-state index contributed by atoms with van der Waals surface area (Å²) in [5.41, 5.74) is -0.0729. The van der Waals surface area contributed by atoms with Crippen LogP contribution in [0.4, 0.5) is 0 Å². The van der Waals surface area contributed by atoms with Gasteiger partial charge in [-0.2, -0.15) is 0 Å². The molecule has 2 aliphatic heterocycles. The van der Waals surface area contributed by atoms with Crippen LogP contribution in [0.25, 0.3) is 0 Å². The van der Waals surface area contributed by atoms with Crippen LogP contribution in [0.2, 0.25) is 0 Å². The third kappa shape index (κ3) is 2.85. The molecule has 2 fully saturated rings. The second kappa shape index (κ2) is 5.68. The predicted octanol–water partition coefficient (Wildman–Crippen LogP) is -0.0260. The third-order valence-corrected chi connectivity index (χ3v) is 6.55. The molecule has 2 aliphatic rings. The molecule has 0 spiro atoms. The summed E-state index contributed by atoms with van der Waals surface area (Å²) in [7, 11) is -3.22. The van der Waals surface area contributed by atoms with E-state index < -0.39 is 9.84 Å². The van der Waals surface area contributed by atoms with Crippen molar-refractivity contribution in [3.63, 3.8) is 0 Å². The maximum Gasteiger partial charge on any atom is 0.179 e. The lowest BCUT2D eigenvalue weighted by Crippen LogP contribution is -2.37. The van der Waals surface area contributed by atoms with Crippen LogP contribution >= 0.6 is 0 Å². The second-order valence-corrected chi connectivity index (χ2v) is 8.32. The average molecular weight is 310 g/mol. The molecule has 2 unspecified atom stereocenters. The minimum absolute atomic E-state index is 0.0729. The number of aliphatic hydroxyl groups is 1.